The maximum Gasteiger partial charge on any atom is 0.328 e. The number of hydrogen-bond donors (Lipinski definition) is 1. The fourth-order valence-corrected chi connectivity index (χ4v) is 0.623. The fraction of sp³-hybridized carbons (Fsp3) is 0.625. The summed E-state index contributed by atoms with van der Waals surface area (Å²) in [4.78, 5) is 21.7. The summed E-state index contributed by atoms with van der Waals surface area (Å²) >= 11 is 0. The molecule has 1 radical (unpaired) electrons. The second kappa shape index (κ2) is 5.57. The molecule has 4 heteroatoms. The summed E-state index contributed by atoms with van der Waals surface area (Å²) < 4.78 is 4.68. The monoisotopic (exact) mass is 172 g/mol. The predicted octanol–water partition coefficient (Wildman–Crippen LogP) is 0.278. The Morgan fingerprint density at radius 2 is 2.17 bits per heavy atom. The van der Waals surface area contributed by atoms with E-state index in [1.54, 1.807) is 20.8 Å². The van der Waals surface area contributed by atoms with Crippen LogP contribution in [0, 0.1) is 6.42 Å². The van der Waals surface area contributed by atoms with Crippen molar-refractivity contribution in [2.45, 2.75) is 26.8 Å². The first kappa shape index (κ1) is 10.9. The quantitative estimate of drug-likeness (QED) is 0.619. The van der Waals surface area contributed by atoms with Gasteiger partial charge in [-0.25, -0.2) is 4.79 Å². The molecule has 0 aromatic heterocycles. The van der Waals surface area contributed by atoms with Gasteiger partial charge in [-0.1, -0.05) is 6.92 Å². The maximum atomic E-state index is 10.9. The summed E-state index contributed by atoms with van der Waals surface area (Å²) in [7, 11) is 0. The van der Waals surface area contributed by atoms with Crippen LogP contribution in [0.3, 0.4) is 0 Å². The highest BCUT2D eigenvalue weighted by Crippen LogP contribution is 1.88. The number of esters is 1. The van der Waals surface area contributed by atoms with E-state index in [4.69, 9.17) is 0 Å². The SMILES string of the molecule is C[CH]C(=O)NC(C)C(=O)OCC. The zero-order valence-corrected chi connectivity index (χ0v) is 7.59. The topological polar surface area (TPSA) is 55.4 Å². The number of nitrogens with one attached hydrogen (secondary N) is 1. The standard InChI is InChI=1S/C8H14NO3/c1-4-7(10)9-6(3)8(11)12-5-2/h4,6H,5H2,1-3H3,(H,9,10). The molecule has 0 bridgehead atoms. The van der Waals surface area contributed by atoms with Crippen LogP contribution >= 0.6 is 0 Å². The van der Waals surface area contributed by atoms with E-state index >= 15 is 0 Å². The Kier molecular flexibility index (Phi) is 5.08. The van der Waals surface area contributed by atoms with Crippen LogP contribution in [0.15, 0.2) is 0 Å². The van der Waals surface area contributed by atoms with E-state index in [0.29, 0.717) is 6.61 Å². The third-order valence-electron chi connectivity index (χ3n) is 1.26. The van der Waals surface area contributed by atoms with Crippen molar-refractivity contribution in [3.63, 3.8) is 0 Å². The average Bonchev–Trinajstić information content (AvgIpc) is 2.04. The van der Waals surface area contributed by atoms with Gasteiger partial charge in [0.15, 0.2) is 0 Å². The van der Waals surface area contributed by atoms with Crippen molar-refractivity contribution < 1.29 is 14.3 Å². The van der Waals surface area contributed by atoms with E-state index < -0.39 is 12.0 Å². The number of carbonyl (C=O) groups excluding carboxylic acids is 2. The number of rotatable bonds is 4. The van der Waals surface area contributed by atoms with Gasteiger partial charge < -0.3 is 10.1 Å². The van der Waals surface area contributed by atoms with Crippen molar-refractivity contribution in [1.82, 2.24) is 5.32 Å². The summed E-state index contributed by atoms with van der Waals surface area (Å²) in [5.41, 5.74) is 0. The number of carbonyl (C=O) groups is 2. The third kappa shape index (κ3) is 3.95. The lowest BCUT2D eigenvalue weighted by Gasteiger charge is -2.11. The van der Waals surface area contributed by atoms with Gasteiger partial charge in [0.2, 0.25) is 5.91 Å². The van der Waals surface area contributed by atoms with Crippen molar-refractivity contribution in [3.8, 4) is 0 Å². The van der Waals surface area contributed by atoms with Crippen LogP contribution in [-0.2, 0) is 14.3 Å². The molecule has 0 aliphatic heterocycles. The zero-order chi connectivity index (χ0) is 9.56. The molecule has 0 spiro atoms. The van der Waals surface area contributed by atoms with Crippen molar-refractivity contribution in [2.24, 2.45) is 0 Å². The minimum atomic E-state index is -0.575. The van der Waals surface area contributed by atoms with Gasteiger partial charge in [-0.05, 0) is 13.8 Å². The highest BCUT2D eigenvalue weighted by molar-refractivity contribution is 5.88. The first-order valence-electron chi connectivity index (χ1n) is 3.88. The van der Waals surface area contributed by atoms with E-state index in [-0.39, 0.29) is 5.91 Å². The third-order valence-corrected chi connectivity index (χ3v) is 1.26. The highest BCUT2D eigenvalue weighted by Gasteiger charge is 2.14. The zero-order valence-electron chi connectivity index (χ0n) is 7.59. The molecule has 0 saturated heterocycles. The van der Waals surface area contributed by atoms with Gasteiger partial charge >= 0.3 is 5.97 Å². The molecule has 4 nitrogen and oxygen atoms in total. The van der Waals surface area contributed by atoms with Crippen LogP contribution in [0.5, 0.6) is 0 Å². The summed E-state index contributed by atoms with van der Waals surface area (Å²) in [5, 5.41) is 2.45. The average molecular weight is 172 g/mol. The Hall–Kier alpha value is -1.06. The predicted molar refractivity (Wildman–Crippen MR) is 44.2 cm³/mol. The normalized spacial score (nSPS) is 11.9. The molecular formula is C8H14NO3. The minimum Gasteiger partial charge on any atom is -0.464 e. The fourth-order valence-electron chi connectivity index (χ4n) is 0.623. The summed E-state index contributed by atoms with van der Waals surface area (Å²) in [6.07, 6.45) is 1.36. The van der Waals surface area contributed by atoms with Gasteiger partial charge in [0.25, 0.3) is 0 Å². The van der Waals surface area contributed by atoms with E-state index in [1.165, 1.54) is 6.42 Å². The molecule has 0 aliphatic rings. The Morgan fingerprint density at radius 1 is 1.58 bits per heavy atom. The molecule has 0 saturated carbocycles. The molecule has 0 aromatic carbocycles. The molecule has 0 aromatic rings. The molecule has 1 amide bonds. The van der Waals surface area contributed by atoms with Crippen molar-refractivity contribution in [2.75, 3.05) is 6.61 Å². The van der Waals surface area contributed by atoms with Crippen molar-refractivity contribution >= 4 is 11.9 Å². The van der Waals surface area contributed by atoms with Crippen LogP contribution in [0.1, 0.15) is 20.8 Å². The summed E-state index contributed by atoms with van der Waals surface area (Å²) in [6.45, 7) is 5.24. The van der Waals surface area contributed by atoms with Gasteiger partial charge in [-0.2, -0.15) is 0 Å². The highest BCUT2D eigenvalue weighted by atomic mass is 16.5. The summed E-state index contributed by atoms with van der Waals surface area (Å²) in [6, 6.07) is -0.575. The molecule has 0 rings (SSSR count). The van der Waals surface area contributed by atoms with Crippen LogP contribution in [0.4, 0.5) is 0 Å². The van der Waals surface area contributed by atoms with Gasteiger partial charge in [-0.3, -0.25) is 4.79 Å². The first-order chi connectivity index (χ1) is 5.61. The van der Waals surface area contributed by atoms with Crippen LogP contribution in [0.25, 0.3) is 0 Å². The largest absolute Gasteiger partial charge is 0.464 e. The molecule has 1 N–H and O–H groups in total. The molecule has 0 heterocycles. The Labute approximate surface area is 72.3 Å². The Balaban J connectivity index is 3.78. The first-order valence-corrected chi connectivity index (χ1v) is 3.88. The van der Waals surface area contributed by atoms with E-state index in [0.717, 1.165) is 0 Å². The Bertz CT molecular complexity index is 168. The maximum absolute atomic E-state index is 10.9. The van der Waals surface area contributed by atoms with Gasteiger partial charge in [0.05, 0.1) is 6.61 Å². The lowest BCUT2D eigenvalue weighted by Crippen LogP contribution is -2.39. The van der Waals surface area contributed by atoms with Gasteiger partial charge in [-0.15, -0.1) is 0 Å². The number of amides is 1. The number of ether oxygens (including phenoxy) is 1. The van der Waals surface area contributed by atoms with Gasteiger partial charge in [0.1, 0.15) is 6.04 Å². The lowest BCUT2D eigenvalue weighted by molar-refractivity contribution is -0.146. The second-order valence-corrected chi connectivity index (χ2v) is 2.27. The Morgan fingerprint density at radius 3 is 2.58 bits per heavy atom. The lowest BCUT2D eigenvalue weighted by atomic mass is 10.3. The van der Waals surface area contributed by atoms with Crippen LogP contribution in [0.2, 0.25) is 0 Å². The molecule has 69 valence electrons. The minimum absolute atomic E-state index is 0.268. The van der Waals surface area contributed by atoms with E-state index in [2.05, 4.69) is 10.1 Å². The molecule has 0 fully saturated rings. The van der Waals surface area contributed by atoms with Gasteiger partial charge in [0, 0.05) is 6.42 Å². The second-order valence-electron chi connectivity index (χ2n) is 2.27. The number of hydrogen-bond acceptors (Lipinski definition) is 3. The van der Waals surface area contributed by atoms with Crippen molar-refractivity contribution in [1.29, 1.82) is 0 Å². The summed E-state index contributed by atoms with van der Waals surface area (Å²) in [5.74, 6) is -0.678. The molecule has 1 atom stereocenters. The van der Waals surface area contributed by atoms with E-state index in [1.807, 2.05) is 0 Å². The molecule has 12 heavy (non-hydrogen) atoms. The molecule has 0 aliphatic carbocycles. The van der Waals surface area contributed by atoms with Crippen LogP contribution < -0.4 is 5.32 Å². The van der Waals surface area contributed by atoms with Crippen LogP contribution in [-0.4, -0.2) is 24.5 Å². The molecule has 1 unspecified atom stereocenters. The smallest absolute Gasteiger partial charge is 0.328 e. The van der Waals surface area contributed by atoms with E-state index in [9.17, 15) is 9.59 Å². The molecular weight excluding hydrogens is 158 g/mol. The van der Waals surface area contributed by atoms with Crippen molar-refractivity contribution in [3.05, 3.63) is 6.42 Å².